The minimum Gasteiger partial charge on any atom is -0.463 e. The number of hydrogen-bond acceptors (Lipinski definition) is 5. The van der Waals surface area contributed by atoms with Crippen LogP contribution in [0.3, 0.4) is 0 Å². The maximum absolute atomic E-state index is 16.9. The van der Waals surface area contributed by atoms with Crippen molar-refractivity contribution in [3.63, 3.8) is 0 Å². The summed E-state index contributed by atoms with van der Waals surface area (Å²) in [7, 11) is 0. The van der Waals surface area contributed by atoms with Crippen molar-refractivity contribution in [2.45, 2.75) is 83.9 Å². The van der Waals surface area contributed by atoms with Crippen LogP contribution in [0.4, 0.5) is 4.39 Å². The van der Waals surface area contributed by atoms with Crippen LogP contribution < -0.4 is 0 Å². The highest BCUT2D eigenvalue weighted by atomic mass is 19.1. The molecule has 4 aliphatic rings. The number of hydrogen-bond donors (Lipinski definition) is 1. The van der Waals surface area contributed by atoms with Gasteiger partial charge >= 0.3 is 5.97 Å². The third kappa shape index (κ3) is 2.77. The number of fused-ring (bicyclic) bond motifs is 5. The van der Waals surface area contributed by atoms with Gasteiger partial charge in [0.05, 0.1) is 0 Å². The molecule has 0 radical (unpaired) electrons. The number of carbonyl (C=O) groups excluding carboxylic acids is 3. The first-order chi connectivity index (χ1) is 13.6. The molecule has 29 heavy (non-hydrogen) atoms. The Morgan fingerprint density at radius 1 is 1.14 bits per heavy atom. The van der Waals surface area contributed by atoms with Crippen molar-refractivity contribution in [3.05, 3.63) is 0 Å². The van der Waals surface area contributed by atoms with Gasteiger partial charge in [0.25, 0.3) is 0 Å². The van der Waals surface area contributed by atoms with E-state index in [1.807, 2.05) is 13.8 Å². The van der Waals surface area contributed by atoms with Gasteiger partial charge in [0.15, 0.2) is 17.2 Å². The molecule has 4 rings (SSSR count). The molecular weight excluding hydrogens is 375 g/mol. The lowest BCUT2D eigenvalue weighted by Crippen LogP contribution is -2.68. The summed E-state index contributed by atoms with van der Waals surface area (Å²) in [4.78, 5) is 37.1. The third-order valence-corrected chi connectivity index (χ3v) is 9.32. The highest BCUT2D eigenvalue weighted by molar-refractivity contribution is 5.92. The topological polar surface area (TPSA) is 80.7 Å². The molecule has 4 fully saturated rings. The summed E-state index contributed by atoms with van der Waals surface area (Å²) in [5.74, 6) is -1.57. The molecule has 0 aliphatic heterocycles. The molecule has 0 aromatic carbocycles. The number of alkyl halides is 1. The molecule has 5 nitrogen and oxygen atoms in total. The molecule has 0 amide bonds. The van der Waals surface area contributed by atoms with Crippen molar-refractivity contribution in [1.29, 1.82) is 0 Å². The fourth-order valence-electron chi connectivity index (χ4n) is 7.92. The van der Waals surface area contributed by atoms with Crippen molar-refractivity contribution in [2.24, 2.45) is 34.5 Å². The van der Waals surface area contributed by atoms with Gasteiger partial charge in [-0.1, -0.05) is 13.8 Å². The Kier molecular flexibility index (Phi) is 4.96. The Labute approximate surface area is 171 Å². The molecule has 0 spiro atoms. The Morgan fingerprint density at radius 3 is 2.48 bits per heavy atom. The van der Waals surface area contributed by atoms with Crippen LogP contribution in [-0.2, 0) is 19.1 Å². The second-order valence-electron chi connectivity index (χ2n) is 10.5. The zero-order chi connectivity index (χ0) is 21.2. The molecule has 0 aromatic rings. The first kappa shape index (κ1) is 21.0. The highest BCUT2D eigenvalue weighted by Gasteiger charge is 2.72. The van der Waals surface area contributed by atoms with Crippen LogP contribution in [0.1, 0.15) is 72.1 Å². The van der Waals surface area contributed by atoms with Gasteiger partial charge in [-0.25, -0.2) is 4.39 Å². The summed E-state index contributed by atoms with van der Waals surface area (Å²) in [6.45, 7) is 4.78. The Morgan fingerprint density at radius 2 is 1.83 bits per heavy atom. The monoisotopic (exact) mass is 408 g/mol. The molecule has 0 aromatic heterocycles. The van der Waals surface area contributed by atoms with Crippen LogP contribution in [0.2, 0.25) is 0 Å². The van der Waals surface area contributed by atoms with E-state index < -0.39 is 23.1 Å². The van der Waals surface area contributed by atoms with Gasteiger partial charge in [-0.3, -0.25) is 14.4 Å². The lowest BCUT2D eigenvalue weighted by molar-refractivity contribution is -0.204. The predicted octanol–water partition coefficient (Wildman–Crippen LogP) is 3.41. The number of halogens is 1. The molecular formula is C23H33FO5. The Bertz CT molecular complexity index is 737. The van der Waals surface area contributed by atoms with Crippen LogP contribution in [0.15, 0.2) is 0 Å². The number of ether oxygens (including phenoxy) is 1. The molecule has 1 N–H and O–H groups in total. The molecule has 0 heterocycles. The van der Waals surface area contributed by atoms with Gasteiger partial charge in [0.1, 0.15) is 12.7 Å². The van der Waals surface area contributed by atoms with E-state index in [1.54, 1.807) is 0 Å². The van der Waals surface area contributed by atoms with Crippen molar-refractivity contribution < 1.29 is 28.6 Å². The SMILES string of the molecule is CC(=O)O[C@@H]1CC[C@@]2(C)[C@@H](CC[C@H]3[C@@H]4CC[C@H](C(=O)CO)[C@@]4(C)CC(=O)[C@@]32F)C1. The van der Waals surface area contributed by atoms with Crippen LogP contribution in [0, 0.1) is 34.5 Å². The minimum absolute atomic E-state index is 0.00494. The van der Waals surface area contributed by atoms with Gasteiger partial charge in [-0.15, -0.1) is 0 Å². The van der Waals surface area contributed by atoms with Gasteiger partial charge in [0.2, 0.25) is 0 Å². The number of aliphatic hydroxyl groups excluding tert-OH is 1. The molecule has 162 valence electrons. The summed E-state index contributed by atoms with van der Waals surface area (Å²) >= 11 is 0. The standard InChI is InChI=1S/C23H33FO5/c1-13(26)29-15-8-9-22(3)14(10-15)4-5-17-16-6-7-18(19(27)12-25)21(16,2)11-20(28)23(17,22)24/h14-18,25H,4-12H2,1-3H3/t14-,15+,16-,17-,18+,21-,22-,23-/m0/s1. The van der Waals surface area contributed by atoms with Crippen molar-refractivity contribution >= 4 is 17.5 Å². The molecule has 0 saturated heterocycles. The molecule has 4 saturated carbocycles. The summed E-state index contributed by atoms with van der Waals surface area (Å²) in [6, 6.07) is 0. The zero-order valence-corrected chi connectivity index (χ0v) is 17.7. The third-order valence-electron chi connectivity index (χ3n) is 9.32. The van der Waals surface area contributed by atoms with E-state index in [1.165, 1.54) is 6.92 Å². The van der Waals surface area contributed by atoms with E-state index >= 15 is 4.39 Å². The highest BCUT2D eigenvalue weighted by Crippen LogP contribution is 2.69. The van der Waals surface area contributed by atoms with E-state index in [4.69, 9.17) is 4.74 Å². The van der Waals surface area contributed by atoms with Crippen molar-refractivity contribution in [2.75, 3.05) is 6.61 Å². The largest absolute Gasteiger partial charge is 0.463 e. The average molecular weight is 409 g/mol. The van der Waals surface area contributed by atoms with E-state index in [2.05, 4.69) is 0 Å². The van der Waals surface area contributed by atoms with Crippen LogP contribution in [-0.4, -0.2) is 41.0 Å². The van der Waals surface area contributed by atoms with Crippen LogP contribution in [0.25, 0.3) is 0 Å². The quantitative estimate of drug-likeness (QED) is 0.724. The molecule has 4 aliphatic carbocycles. The number of rotatable bonds is 3. The van der Waals surface area contributed by atoms with Crippen LogP contribution >= 0.6 is 0 Å². The number of ketones is 2. The van der Waals surface area contributed by atoms with Gasteiger partial charge in [0, 0.05) is 30.6 Å². The Hall–Kier alpha value is -1.30. The van der Waals surface area contributed by atoms with Crippen LogP contribution in [0.5, 0.6) is 0 Å². The van der Waals surface area contributed by atoms with E-state index in [0.29, 0.717) is 32.1 Å². The van der Waals surface area contributed by atoms with Crippen molar-refractivity contribution in [3.8, 4) is 0 Å². The number of esters is 1. The van der Waals surface area contributed by atoms with E-state index in [9.17, 15) is 19.5 Å². The lowest BCUT2D eigenvalue weighted by Gasteiger charge is -2.62. The van der Waals surface area contributed by atoms with Crippen molar-refractivity contribution in [1.82, 2.24) is 0 Å². The summed E-state index contributed by atoms with van der Waals surface area (Å²) in [5, 5.41) is 9.39. The van der Waals surface area contributed by atoms with E-state index in [-0.39, 0.29) is 53.7 Å². The fraction of sp³-hybridized carbons (Fsp3) is 0.870. The molecule has 6 heteroatoms. The maximum Gasteiger partial charge on any atom is 0.302 e. The summed E-state index contributed by atoms with van der Waals surface area (Å²) in [5.41, 5.74) is -3.17. The second-order valence-corrected chi connectivity index (χ2v) is 10.5. The number of Topliss-reactive ketones (excluding diaryl/α,β-unsaturated/α-hetero) is 2. The second kappa shape index (κ2) is 6.86. The average Bonchev–Trinajstić information content (AvgIpc) is 2.99. The van der Waals surface area contributed by atoms with Gasteiger partial charge in [-0.2, -0.15) is 0 Å². The smallest absolute Gasteiger partial charge is 0.302 e. The summed E-state index contributed by atoms with van der Waals surface area (Å²) in [6.07, 6.45) is 4.48. The predicted molar refractivity (Wildman–Crippen MR) is 104 cm³/mol. The maximum atomic E-state index is 16.9. The normalized spacial score (nSPS) is 49.0. The minimum atomic E-state index is -1.88. The van der Waals surface area contributed by atoms with E-state index in [0.717, 1.165) is 12.8 Å². The van der Waals surface area contributed by atoms with Gasteiger partial charge in [-0.05, 0) is 62.2 Å². The summed E-state index contributed by atoms with van der Waals surface area (Å²) < 4.78 is 22.4. The number of aliphatic hydroxyl groups is 1. The first-order valence-corrected chi connectivity index (χ1v) is 11.1. The lowest BCUT2D eigenvalue weighted by atomic mass is 9.42. The molecule has 0 bridgehead atoms. The van der Waals surface area contributed by atoms with Gasteiger partial charge < -0.3 is 9.84 Å². The fourth-order valence-corrected chi connectivity index (χ4v) is 7.92. The Balaban J connectivity index is 1.65. The molecule has 8 atom stereocenters. The zero-order valence-electron chi connectivity index (χ0n) is 17.7. The molecule has 0 unspecified atom stereocenters. The first-order valence-electron chi connectivity index (χ1n) is 11.1. The number of carbonyl (C=O) groups is 3.